The molecule has 0 bridgehead atoms. The molecule has 0 unspecified atom stereocenters. The van der Waals surface area contributed by atoms with Crippen molar-refractivity contribution in [2.24, 2.45) is 0 Å². The Morgan fingerprint density at radius 2 is 0.960 bits per heavy atom. The van der Waals surface area contributed by atoms with Gasteiger partial charge in [-0.2, -0.15) is 0 Å². The maximum Gasteiger partial charge on any atom is 0.335 e. The number of aromatic hydroxyl groups is 1. The molecular formula is C43H66N2O5. The number of carbonyl (C=O) groups is 3. The number of benzene rings is 2. The van der Waals surface area contributed by atoms with Crippen LogP contribution in [-0.2, 0) is 48.9 Å². The number of unbranched alkanes of at least 4 members (excludes halogenated alkanes) is 3. The lowest BCUT2D eigenvalue weighted by molar-refractivity contribution is -0.129. The summed E-state index contributed by atoms with van der Waals surface area (Å²) in [6.07, 6.45) is 6.93. The number of hydrogen-bond donors (Lipinski definition) is 3. The fraction of sp³-hybridized carbons (Fsp3) is 0.605. The van der Waals surface area contributed by atoms with Gasteiger partial charge in [0.05, 0.1) is 0 Å². The Morgan fingerprint density at radius 1 is 0.620 bits per heavy atom. The average molecular weight is 691 g/mol. The van der Waals surface area contributed by atoms with Crippen molar-refractivity contribution in [3.05, 3.63) is 70.3 Å². The van der Waals surface area contributed by atoms with Crippen LogP contribution < -0.4 is 15.4 Å². The Morgan fingerprint density at radius 3 is 1.28 bits per heavy atom. The van der Waals surface area contributed by atoms with Crippen molar-refractivity contribution < 1.29 is 24.2 Å². The first kappa shape index (κ1) is 42.6. The Bertz CT molecular complexity index is 1420. The Hall–Kier alpha value is -3.61. The quantitative estimate of drug-likeness (QED) is 0.0749. The van der Waals surface area contributed by atoms with Crippen LogP contribution in [0.3, 0.4) is 0 Å². The van der Waals surface area contributed by atoms with Gasteiger partial charge >= 0.3 is 5.97 Å². The van der Waals surface area contributed by atoms with E-state index >= 15 is 0 Å². The number of aryl methyl sites for hydroxylation is 2. The van der Waals surface area contributed by atoms with Crippen molar-refractivity contribution in [3.8, 4) is 11.5 Å². The zero-order chi connectivity index (χ0) is 38.1. The molecule has 0 aliphatic heterocycles. The predicted octanol–water partition coefficient (Wildman–Crippen LogP) is 9.03. The number of rotatable bonds is 15. The second-order valence-electron chi connectivity index (χ2n) is 17.8. The summed E-state index contributed by atoms with van der Waals surface area (Å²) in [7, 11) is 0. The van der Waals surface area contributed by atoms with Crippen LogP contribution in [0.4, 0.5) is 0 Å². The molecule has 0 aromatic heterocycles. The number of esters is 1. The lowest BCUT2D eigenvalue weighted by Crippen LogP contribution is -2.25. The maximum absolute atomic E-state index is 12.7. The molecule has 0 aliphatic carbocycles. The highest BCUT2D eigenvalue weighted by atomic mass is 16.5. The number of amides is 2. The third kappa shape index (κ3) is 13.3. The first-order valence-corrected chi connectivity index (χ1v) is 18.4. The summed E-state index contributed by atoms with van der Waals surface area (Å²) in [6.45, 7) is 29.9. The van der Waals surface area contributed by atoms with Crippen molar-refractivity contribution in [1.29, 1.82) is 0 Å². The minimum atomic E-state index is -0.482. The van der Waals surface area contributed by atoms with E-state index in [4.69, 9.17) is 4.74 Å². The fourth-order valence-corrected chi connectivity index (χ4v) is 5.93. The van der Waals surface area contributed by atoms with Crippen molar-refractivity contribution in [2.75, 3.05) is 13.1 Å². The van der Waals surface area contributed by atoms with E-state index < -0.39 is 5.97 Å². The maximum atomic E-state index is 12.7. The van der Waals surface area contributed by atoms with Gasteiger partial charge in [0.25, 0.3) is 0 Å². The van der Waals surface area contributed by atoms with Crippen LogP contribution in [0.1, 0.15) is 155 Å². The standard InChI is InChI=1S/C43H66N2O5/c1-14-37(48)50-39-33(42(8,9)10)27-30(28-34(39)43(11,12)13)20-22-36(47)45-24-18-16-15-17-23-44-35(46)21-19-29-25-31(40(2,3)4)38(49)32(26-29)41(5,6)7/h14,25-28,49H,1,15-24H2,2-13H3,(H,44,46)(H,45,47). The van der Waals surface area contributed by atoms with Crippen molar-refractivity contribution in [3.63, 3.8) is 0 Å². The van der Waals surface area contributed by atoms with Crippen molar-refractivity contribution in [2.45, 2.75) is 156 Å². The summed E-state index contributed by atoms with van der Waals surface area (Å²) >= 11 is 0. The molecule has 0 saturated heterocycles. The van der Waals surface area contributed by atoms with Gasteiger partial charge in [-0.25, -0.2) is 4.79 Å². The van der Waals surface area contributed by atoms with E-state index in [0.717, 1.165) is 59.1 Å². The van der Waals surface area contributed by atoms with E-state index in [-0.39, 0.29) is 33.5 Å². The monoisotopic (exact) mass is 690 g/mol. The van der Waals surface area contributed by atoms with Crippen LogP contribution in [0.5, 0.6) is 11.5 Å². The molecule has 0 fully saturated rings. The molecule has 7 nitrogen and oxygen atoms in total. The zero-order valence-corrected chi connectivity index (χ0v) is 33.2. The van der Waals surface area contributed by atoms with Gasteiger partial charge in [0, 0.05) is 43.1 Å². The van der Waals surface area contributed by atoms with Gasteiger partial charge in [-0.05, 0) is 69.6 Å². The van der Waals surface area contributed by atoms with Gasteiger partial charge in [-0.3, -0.25) is 9.59 Å². The lowest BCUT2D eigenvalue weighted by Gasteiger charge is -2.30. The first-order chi connectivity index (χ1) is 22.9. The molecule has 2 rings (SSSR count). The van der Waals surface area contributed by atoms with Crippen LogP contribution in [0.2, 0.25) is 0 Å². The van der Waals surface area contributed by atoms with Crippen molar-refractivity contribution >= 4 is 17.8 Å². The minimum absolute atomic E-state index is 0.0203. The van der Waals surface area contributed by atoms with Crippen LogP contribution in [-0.4, -0.2) is 36.0 Å². The van der Waals surface area contributed by atoms with Crippen LogP contribution in [0.15, 0.2) is 36.9 Å². The summed E-state index contributed by atoms with van der Waals surface area (Å²) in [5.74, 6) is 0.522. The molecule has 0 aliphatic rings. The van der Waals surface area contributed by atoms with Gasteiger partial charge < -0.3 is 20.5 Å². The number of carbonyl (C=O) groups excluding carboxylic acids is 3. The van der Waals surface area contributed by atoms with Crippen LogP contribution in [0, 0.1) is 0 Å². The number of nitrogens with one attached hydrogen (secondary N) is 2. The summed E-state index contributed by atoms with van der Waals surface area (Å²) < 4.78 is 5.76. The van der Waals surface area contributed by atoms with E-state index in [0.29, 0.717) is 50.3 Å². The van der Waals surface area contributed by atoms with E-state index in [1.807, 2.05) is 12.1 Å². The molecule has 278 valence electrons. The molecule has 50 heavy (non-hydrogen) atoms. The SMILES string of the molecule is C=CC(=O)Oc1c(C(C)(C)C)cc(CCC(=O)NCCCCCCNC(=O)CCc2cc(C(C)(C)C)c(O)c(C(C)(C)C)c2)cc1C(C)(C)C. The van der Waals surface area contributed by atoms with Crippen LogP contribution in [0.25, 0.3) is 0 Å². The summed E-state index contributed by atoms with van der Waals surface area (Å²) in [4.78, 5) is 37.5. The number of phenols is 1. The summed E-state index contributed by atoms with van der Waals surface area (Å²) in [5, 5.41) is 17.1. The van der Waals surface area contributed by atoms with Gasteiger partial charge in [-0.15, -0.1) is 0 Å². The average Bonchev–Trinajstić information content (AvgIpc) is 2.98. The summed E-state index contributed by atoms with van der Waals surface area (Å²) in [6, 6.07) is 8.22. The Kier molecular flexibility index (Phi) is 14.9. The molecule has 0 heterocycles. The minimum Gasteiger partial charge on any atom is -0.507 e. The van der Waals surface area contributed by atoms with E-state index in [1.165, 1.54) is 6.08 Å². The highest BCUT2D eigenvalue weighted by molar-refractivity contribution is 5.84. The smallest absolute Gasteiger partial charge is 0.335 e. The van der Waals surface area contributed by atoms with Crippen LogP contribution >= 0.6 is 0 Å². The third-order valence-electron chi connectivity index (χ3n) is 8.95. The number of phenolic OH excluding ortho intramolecular Hbond substituents is 1. The van der Waals surface area contributed by atoms with Gasteiger partial charge in [0.15, 0.2) is 0 Å². The largest absolute Gasteiger partial charge is 0.507 e. The number of ether oxygens (including phenoxy) is 1. The van der Waals surface area contributed by atoms with E-state index in [1.54, 1.807) is 0 Å². The molecule has 3 N–H and O–H groups in total. The Balaban J connectivity index is 1.78. The van der Waals surface area contributed by atoms with Crippen molar-refractivity contribution in [1.82, 2.24) is 10.6 Å². The summed E-state index contributed by atoms with van der Waals surface area (Å²) in [5.41, 5.74) is 4.90. The molecule has 2 amide bonds. The predicted molar refractivity (Wildman–Crippen MR) is 206 cm³/mol. The molecular weight excluding hydrogens is 624 g/mol. The molecule has 7 heteroatoms. The fourth-order valence-electron chi connectivity index (χ4n) is 5.93. The second kappa shape index (κ2) is 17.5. The second-order valence-corrected chi connectivity index (χ2v) is 17.8. The lowest BCUT2D eigenvalue weighted by atomic mass is 9.78. The van der Waals surface area contributed by atoms with Gasteiger partial charge in [0.1, 0.15) is 11.5 Å². The topological polar surface area (TPSA) is 105 Å². The molecule has 0 saturated carbocycles. The molecule has 2 aromatic carbocycles. The molecule has 0 atom stereocenters. The van der Waals surface area contributed by atoms with E-state index in [9.17, 15) is 19.5 Å². The molecule has 0 radical (unpaired) electrons. The highest BCUT2D eigenvalue weighted by Gasteiger charge is 2.29. The molecule has 2 aromatic rings. The zero-order valence-electron chi connectivity index (χ0n) is 33.2. The van der Waals surface area contributed by atoms with Gasteiger partial charge in [0.2, 0.25) is 11.8 Å². The first-order valence-electron chi connectivity index (χ1n) is 18.4. The van der Waals surface area contributed by atoms with Gasteiger partial charge in [-0.1, -0.05) is 127 Å². The highest BCUT2D eigenvalue weighted by Crippen LogP contribution is 2.42. The normalized spacial score (nSPS) is 12.4. The Labute approximate surface area is 303 Å². The molecule has 0 spiro atoms. The van der Waals surface area contributed by atoms with E-state index in [2.05, 4.69) is 112 Å². The number of hydrogen-bond acceptors (Lipinski definition) is 5. The third-order valence-corrected chi connectivity index (χ3v) is 8.95.